The fourth-order valence-corrected chi connectivity index (χ4v) is 3.43. The number of carboxylic acid groups (broad SMARTS) is 1. The van der Waals surface area contributed by atoms with Gasteiger partial charge in [0.1, 0.15) is 4.88 Å². The van der Waals surface area contributed by atoms with Gasteiger partial charge in [-0.2, -0.15) is 0 Å². The Morgan fingerprint density at radius 3 is 2.43 bits per heavy atom. The summed E-state index contributed by atoms with van der Waals surface area (Å²) < 4.78 is 0. The number of thiophene rings is 1. The third-order valence-corrected chi connectivity index (χ3v) is 4.78. The smallest absolute Gasteiger partial charge is 0.348 e. The van der Waals surface area contributed by atoms with Gasteiger partial charge in [0.2, 0.25) is 5.91 Å². The van der Waals surface area contributed by atoms with Gasteiger partial charge >= 0.3 is 5.97 Å². The monoisotopic (exact) mass is 331 g/mol. The molecule has 0 fully saturated rings. The minimum absolute atomic E-state index is 0.0192. The van der Waals surface area contributed by atoms with Gasteiger partial charge in [-0.1, -0.05) is 43.7 Å². The molecule has 0 atom stereocenters. The van der Waals surface area contributed by atoms with Crippen LogP contribution in [0.3, 0.4) is 0 Å². The van der Waals surface area contributed by atoms with Crippen molar-refractivity contribution in [3.8, 4) is 10.4 Å². The van der Waals surface area contributed by atoms with Crippen molar-refractivity contribution in [1.82, 2.24) is 0 Å². The number of anilines is 1. The van der Waals surface area contributed by atoms with Gasteiger partial charge in [0.05, 0.1) is 5.69 Å². The average Bonchev–Trinajstić information content (AvgIpc) is 2.99. The summed E-state index contributed by atoms with van der Waals surface area (Å²) in [7, 11) is 0. The van der Waals surface area contributed by atoms with Gasteiger partial charge in [0, 0.05) is 17.8 Å². The molecular formula is C18H21NO3S. The largest absolute Gasteiger partial charge is 0.477 e. The van der Waals surface area contributed by atoms with Crippen LogP contribution in [0.25, 0.3) is 10.4 Å². The third kappa shape index (κ3) is 3.99. The van der Waals surface area contributed by atoms with Crippen molar-refractivity contribution in [2.45, 2.75) is 33.1 Å². The minimum Gasteiger partial charge on any atom is -0.477 e. The van der Waals surface area contributed by atoms with E-state index >= 15 is 0 Å². The van der Waals surface area contributed by atoms with Crippen LogP contribution in [-0.2, 0) is 4.79 Å². The maximum atomic E-state index is 12.4. The number of aromatic carboxylic acids is 1. The fourth-order valence-electron chi connectivity index (χ4n) is 2.42. The molecule has 0 spiro atoms. The molecule has 1 aromatic carbocycles. The van der Waals surface area contributed by atoms with Gasteiger partial charge in [-0.05, 0) is 25.0 Å². The fraction of sp³-hybridized carbons (Fsp3) is 0.333. The number of hydrogen-bond donors (Lipinski definition) is 1. The zero-order valence-electron chi connectivity index (χ0n) is 13.4. The van der Waals surface area contributed by atoms with E-state index in [9.17, 15) is 14.7 Å². The molecule has 1 heterocycles. The number of rotatable bonds is 7. The lowest BCUT2D eigenvalue weighted by molar-refractivity contribution is -0.118. The number of benzene rings is 1. The topological polar surface area (TPSA) is 57.6 Å². The second-order valence-corrected chi connectivity index (χ2v) is 6.29. The third-order valence-electron chi connectivity index (χ3n) is 3.62. The number of unbranched alkanes of at least 4 members (excludes halogenated alkanes) is 1. The van der Waals surface area contributed by atoms with Crippen LogP contribution in [0.2, 0.25) is 0 Å². The highest BCUT2D eigenvalue weighted by Crippen LogP contribution is 2.37. The molecule has 5 heteroatoms. The predicted molar refractivity (Wildman–Crippen MR) is 94.3 cm³/mol. The lowest BCUT2D eigenvalue weighted by Gasteiger charge is -2.20. The quantitative estimate of drug-likeness (QED) is 0.803. The highest BCUT2D eigenvalue weighted by molar-refractivity contribution is 7.18. The lowest BCUT2D eigenvalue weighted by Crippen LogP contribution is -2.31. The normalized spacial score (nSPS) is 10.5. The van der Waals surface area contributed by atoms with E-state index in [2.05, 4.69) is 0 Å². The second-order valence-electron chi connectivity index (χ2n) is 5.24. The molecule has 0 aliphatic rings. The zero-order valence-corrected chi connectivity index (χ0v) is 14.2. The van der Waals surface area contributed by atoms with Gasteiger partial charge in [-0.3, -0.25) is 4.79 Å². The molecule has 0 bridgehead atoms. The van der Waals surface area contributed by atoms with Crippen molar-refractivity contribution in [1.29, 1.82) is 0 Å². The van der Waals surface area contributed by atoms with E-state index in [-0.39, 0.29) is 10.8 Å². The molecule has 0 saturated heterocycles. The molecule has 0 aliphatic carbocycles. The Kier molecular flexibility index (Phi) is 5.93. The molecule has 0 radical (unpaired) electrons. The SMILES string of the molecule is CCCCC(=O)N(CC)c1cc(-c2ccccc2)sc1C(=O)O. The molecule has 0 saturated carbocycles. The Balaban J connectivity index is 2.41. The summed E-state index contributed by atoms with van der Waals surface area (Å²) in [5.41, 5.74) is 1.47. The molecule has 1 amide bonds. The molecule has 2 aromatic rings. The first-order chi connectivity index (χ1) is 11.1. The van der Waals surface area contributed by atoms with Crippen molar-refractivity contribution in [2.24, 2.45) is 0 Å². The highest BCUT2D eigenvalue weighted by Gasteiger charge is 2.23. The Morgan fingerprint density at radius 1 is 1.17 bits per heavy atom. The molecule has 0 aliphatic heterocycles. The average molecular weight is 331 g/mol. The van der Waals surface area contributed by atoms with E-state index in [1.807, 2.05) is 50.2 Å². The first-order valence-corrected chi connectivity index (χ1v) is 8.63. The van der Waals surface area contributed by atoms with Gasteiger partial charge in [0.25, 0.3) is 0 Å². The van der Waals surface area contributed by atoms with Crippen LogP contribution >= 0.6 is 11.3 Å². The van der Waals surface area contributed by atoms with E-state index in [1.54, 1.807) is 4.90 Å². The van der Waals surface area contributed by atoms with Crippen molar-refractivity contribution in [3.05, 3.63) is 41.3 Å². The number of hydrogen-bond acceptors (Lipinski definition) is 3. The van der Waals surface area contributed by atoms with Gasteiger partial charge < -0.3 is 10.0 Å². The van der Waals surface area contributed by atoms with Crippen molar-refractivity contribution in [3.63, 3.8) is 0 Å². The Labute approximate surface area is 140 Å². The van der Waals surface area contributed by atoms with Crippen molar-refractivity contribution in [2.75, 3.05) is 11.4 Å². The molecule has 4 nitrogen and oxygen atoms in total. The number of carbonyl (C=O) groups excluding carboxylic acids is 1. The van der Waals surface area contributed by atoms with Gasteiger partial charge in [-0.25, -0.2) is 4.79 Å². The second kappa shape index (κ2) is 7.92. The molecule has 1 aromatic heterocycles. The first-order valence-electron chi connectivity index (χ1n) is 7.81. The van der Waals surface area contributed by atoms with Crippen molar-refractivity contribution < 1.29 is 14.7 Å². The Morgan fingerprint density at radius 2 is 1.87 bits per heavy atom. The maximum Gasteiger partial charge on any atom is 0.348 e. The summed E-state index contributed by atoms with van der Waals surface area (Å²) in [5.74, 6) is -1.01. The summed E-state index contributed by atoms with van der Waals surface area (Å²) in [5, 5.41) is 9.50. The van der Waals surface area contributed by atoms with Crippen LogP contribution in [-0.4, -0.2) is 23.5 Å². The maximum absolute atomic E-state index is 12.4. The van der Waals surface area contributed by atoms with E-state index in [0.29, 0.717) is 18.7 Å². The molecular weight excluding hydrogens is 310 g/mol. The van der Waals surface area contributed by atoms with E-state index in [4.69, 9.17) is 0 Å². The molecule has 0 unspecified atom stereocenters. The number of nitrogens with zero attached hydrogens (tertiary/aromatic N) is 1. The summed E-state index contributed by atoms with van der Waals surface area (Å²) in [6.07, 6.45) is 2.20. The van der Waals surface area contributed by atoms with Crippen LogP contribution in [0.1, 0.15) is 42.8 Å². The number of carboxylic acids is 1. The van der Waals surface area contributed by atoms with Crippen LogP contribution in [0, 0.1) is 0 Å². The summed E-state index contributed by atoms with van der Waals surface area (Å²) in [6, 6.07) is 11.4. The van der Waals surface area contributed by atoms with Gasteiger partial charge in [-0.15, -0.1) is 11.3 Å². The van der Waals surface area contributed by atoms with Gasteiger partial charge in [0.15, 0.2) is 0 Å². The molecule has 2 rings (SSSR count). The Bertz CT molecular complexity index is 679. The van der Waals surface area contributed by atoms with Crippen LogP contribution in [0.4, 0.5) is 5.69 Å². The van der Waals surface area contributed by atoms with Crippen LogP contribution in [0.5, 0.6) is 0 Å². The van der Waals surface area contributed by atoms with Crippen LogP contribution in [0.15, 0.2) is 36.4 Å². The number of carbonyl (C=O) groups is 2. The zero-order chi connectivity index (χ0) is 16.8. The summed E-state index contributed by atoms with van der Waals surface area (Å²) in [6.45, 7) is 4.37. The highest BCUT2D eigenvalue weighted by atomic mass is 32.1. The Hall–Kier alpha value is -2.14. The van der Waals surface area contributed by atoms with E-state index in [1.165, 1.54) is 11.3 Å². The van der Waals surface area contributed by atoms with Crippen molar-refractivity contribution >= 4 is 28.9 Å². The first kappa shape index (κ1) is 17.2. The minimum atomic E-state index is -0.992. The summed E-state index contributed by atoms with van der Waals surface area (Å²) >= 11 is 1.21. The predicted octanol–water partition coefficient (Wildman–Crippen LogP) is 4.66. The van der Waals surface area contributed by atoms with E-state index in [0.717, 1.165) is 23.3 Å². The number of amides is 1. The lowest BCUT2D eigenvalue weighted by atomic mass is 10.1. The molecule has 122 valence electrons. The molecule has 1 N–H and O–H groups in total. The standard InChI is InChI=1S/C18H21NO3S/c1-3-5-11-16(20)19(4-2)14-12-15(23-17(14)18(21)22)13-9-7-6-8-10-13/h6-10,12H,3-5,11H2,1-2H3,(H,21,22). The molecule has 23 heavy (non-hydrogen) atoms. The summed E-state index contributed by atoms with van der Waals surface area (Å²) in [4.78, 5) is 26.7. The van der Waals surface area contributed by atoms with E-state index < -0.39 is 5.97 Å². The van der Waals surface area contributed by atoms with Crippen LogP contribution < -0.4 is 4.90 Å².